The summed E-state index contributed by atoms with van der Waals surface area (Å²) in [5.41, 5.74) is 2.33. The quantitative estimate of drug-likeness (QED) is 0.569. The van der Waals surface area contributed by atoms with Gasteiger partial charge >= 0.3 is 0 Å². The van der Waals surface area contributed by atoms with Crippen molar-refractivity contribution in [2.24, 2.45) is 5.92 Å². The minimum Gasteiger partial charge on any atom is -0.341 e. The molecule has 2 amide bonds. The van der Waals surface area contributed by atoms with Crippen LogP contribution in [-0.2, 0) is 22.6 Å². The largest absolute Gasteiger partial charge is 0.341 e. The highest BCUT2D eigenvalue weighted by molar-refractivity contribution is 7.13. The Morgan fingerprint density at radius 1 is 1.16 bits per heavy atom. The fraction of sp³-hybridized carbons (Fsp3) is 0.375. The molecule has 162 valence electrons. The summed E-state index contributed by atoms with van der Waals surface area (Å²) in [5, 5.41) is 6.22. The van der Waals surface area contributed by atoms with Gasteiger partial charge in [-0.25, -0.2) is 0 Å². The number of thiophene rings is 1. The van der Waals surface area contributed by atoms with Gasteiger partial charge in [-0.2, -0.15) is 5.10 Å². The van der Waals surface area contributed by atoms with Crippen molar-refractivity contribution in [2.75, 3.05) is 26.2 Å². The highest BCUT2D eigenvalue weighted by atomic mass is 32.1. The first-order chi connectivity index (χ1) is 15.2. The number of carbonyl (C=O) groups is 2. The fourth-order valence-corrected chi connectivity index (χ4v) is 4.97. The van der Waals surface area contributed by atoms with Crippen molar-refractivity contribution in [3.8, 4) is 10.4 Å². The van der Waals surface area contributed by atoms with E-state index < -0.39 is 0 Å². The van der Waals surface area contributed by atoms with E-state index in [-0.39, 0.29) is 24.3 Å². The molecule has 2 aromatic heterocycles. The minimum atomic E-state index is -0.253. The Bertz CT molecular complexity index is 1000. The normalized spacial score (nSPS) is 17.1. The summed E-state index contributed by atoms with van der Waals surface area (Å²) in [4.78, 5) is 31.3. The van der Waals surface area contributed by atoms with Gasteiger partial charge in [0.05, 0.1) is 5.92 Å². The Balaban J connectivity index is 1.57. The Kier molecular flexibility index (Phi) is 6.82. The highest BCUT2D eigenvalue weighted by Gasteiger charge is 2.32. The number of nitrogens with zero attached hydrogens (tertiary/aromatic N) is 4. The van der Waals surface area contributed by atoms with Gasteiger partial charge in [-0.05, 0) is 41.5 Å². The molecule has 1 saturated heterocycles. The van der Waals surface area contributed by atoms with Crippen molar-refractivity contribution in [3.05, 3.63) is 65.8 Å². The van der Waals surface area contributed by atoms with E-state index in [0.717, 1.165) is 18.5 Å². The van der Waals surface area contributed by atoms with Gasteiger partial charge in [0.15, 0.2) is 0 Å². The zero-order valence-corrected chi connectivity index (χ0v) is 18.6. The fourth-order valence-electron chi connectivity index (χ4n) is 4.18. The van der Waals surface area contributed by atoms with Gasteiger partial charge in [-0.15, -0.1) is 11.3 Å². The molecule has 1 aliphatic heterocycles. The molecular weight excluding hydrogens is 408 g/mol. The predicted octanol–water partition coefficient (Wildman–Crippen LogP) is 3.55. The van der Waals surface area contributed by atoms with Crippen molar-refractivity contribution in [3.63, 3.8) is 0 Å². The number of aromatic nitrogens is 2. The summed E-state index contributed by atoms with van der Waals surface area (Å²) in [5.74, 6) is -0.0969. The maximum atomic E-state index is 13.4. The molecule has 1 fully saturated rings. The molecule has 0 spiro atoms. The lowest BCUT2D eigenvalue weighted by molar-refractivity contribution is -0.135. The Morgan fingerprint density at radius 2 is 2.03 bits per heavy atom. The molecule has 6 nitrogen and oxygen atoms in total. The number of amides is 2. The molecule has 4 rings (SSSR count). The first kappa shape index (κ1) is 21.3. The van der Waals surface area contributed by atoms with Crippen molar-refractivity contribution in [1.29, 1.82) is 0 Å². The maximum absolute atomic E-state index is 13.4. The zero-order valence-electron chi connectivity index (χ0n) is 17.8. The molecule has 1 aromatic carbocycles. The lowest BCUT2D eigenvalue weighted by atomic mass is 9.93. The summed E-state index contributed by atoms with van der Waals surface area (Å²) in [7, 11) is 0. The minimum absolute atomic E-state index is 0.00592. The van der Waals surface area contributed by atoms with E-state index in [1.807, 2.05) is 34.1 Å². The van der Waals surface area contributed by atoms with E-state index in [0.29, 0.717) is 26.1 Å². The van der Waals surface area contributed by atoms with Crippen LogP contribution < -0.4 is 0 Å². The van der Waals surface area contributed by atoms with E-state index >= 15 is 0 Å². The van der Waals surface area contributed by atoms with Crippen LogP contribution in [0.15, 0.2) is 60.2 Å². The van der Waals surface area contributed by atoms with Gasteiger partial charge in [0.2, 0.25) is 11.8 Å². The van der Waals surface area contributed by atoms with Crippen LogP contribution in [0.1, 0.15) is 18.9 Å². The first-order valence-electron chi connectivity index (χ1n) is 10.8. The lowest BCUT2D eigenvalue weighted by Crippen LogP contribution is -2.39. The lowest BCUT2D eigenvalue weighted by Gasteiger charge is -2.24. The topological polar surface area (TPSA) is 58.4 Å². The third-order valence-corrected chi connectivity index (χ3v) is 6.62. The monoisotopic (exact) mass is 436 g/mol. The van der Waals surface area contributed by atoms with Crippen LogP contribution in [0.2, 0.25) is 0 Å². The van der Waals surface area contributed by atoms with E-state index in [1.54, 1.807) is 28.4 Å². The number of hydrogen-bond donors (Lipinski definition) is 0. The van der Waals surface area contributed by atoms with E-state index in [9.17, 15) is 9.59 Å². The molecular formula is C24H28N4O2S. The van der Waals surface area contributed by atoms with Crippen molar-refractivity contribution < 1.29 is 9.59 Å². The van der Waals surface area contributed by atoms with Gasteiger partial charge in [0.1, 0.15) is 6.54 Å². The van der Waals surface area contributed by atoms with Crippen LogP contribution in [0.4, 0.5) is 0 Å². The molecule has 7 heteroatoms. The van der Waals surface area contributed by atoms with Crippen molar-refractivity contribution in [2.45, 2.75) is 26.3 Å². The van der Waals surface area contributed by atoms with Crippen LogP contribution in [0.3, 0.4) is 0 Å². The second-order valence-electron chi connectivity index (χ2n) is 7.90. The molecule has 0 saturated carbocycles. The SMILES string of the molecule is CCCN1CCN(C(=O)Cn2cccn2)C[C@@H](Cc2ccccc2-c2cccs2)C1=O. The predicted molar refractivity (Wildman–Crippen MR) is 123 cm³/mol. The molecule has 0 aliphatic carbocycles. The molecule has 0 unspecified atom stereocenters. The number of carbonyl (C=O) groups excluding carboxylic acids is 2. The number of hydrogen-bond acceptors (Lipinski definition) is 4. The van der Waals surface area contributed by atoms with Gasteiger partial charge < -0.3 is 9.80 Å². The summed E-state index contributed by atoms with van der Waals surface area (Å²) in [6, 6.07) is 14.3. The molecule has 3 heterocycles. The highest BCUT2D eigenvalue weighted by Crippen LogP contribution is 2.30. The van der Waals surface area contributed by atoms with Crippen LogP contribution in [0, 0.1) is 5.92 Å². The van der Waals surface area contributed by atoms with Gasteiger partial charge in [0.25, 0.3) is 0 Å². The zero-order chi connectivity index (χ0) is 21.6. The standard InChI is InChI=1S/C24H28N4O2S/c1-2-11-26-13-14-27(23(29)18-28-12-6-10-25-28)17-20(24(26)30)16-19-7-3-4-8-21(19)22-9-5-15-31-22/h3-10,12,15,20H,2,11,13-14,16-18H2,1H3/t20-/m1/s1. The second kappa shape index (κ2) is 9.92. The summed E-state index contributed by atoms with van der Waals surface area (Å²) in [6.45, 7) is 4.60. The Morgan fingerprint density at radius 3 is 2.77 bits per heavy atom. The average molecular weight is 437 g/mol. The van der Waals surface area contributed by atoms with E-state index in [1.165, 1.54) is 10.4 Å². The molecule has 1 atom stereocenters. The van der Waals surface area contributed by atoms with Gasteiger partial charge in [0, 0.05) is 43.4 Å². The molecule has 0 N–H and O–H groups in total. The first-order valence-corrected chi connectivity index (χ1v) is 11.7. The van der Waals surface area contributed by atoms with Gasteiger partial charge in [-0.3, -0.25) is 14.3 Å². The Hall–Kier alpha value is -2.93. The van der Waals surface area contributed by atoms with Crippen LogP contribution >= 0.6 is 11.3 Å². The maximum Gasteiger partial charge on any atom is 0.244 e. The number of rotatable bonds is 7. The van der Waals surface area contributed by atoms with Crippen LogP contribution in [0.5, 0.6) is 0 Å². The Labute approximate surface area is 187 Å². The molecule has 31 heavy (non-hydrogen) atoms. The molecule has 3 aromatic rings. The summed E-state index contributed by atoms with van der Waals surface area (Å²) in [6.07, 6.45) is 5.00. The summed E-state index contributed by atoms with van der Waals surface area (Å²) >= 11 is 1.70. The average Bonchev–Trinajstić information content (AvgIpc) is 3.46. The third-order valence-electron chi connectivity index (χ3n) is 5.71. The molecule has 1 aliphatic rings. The van der Waals surface area contributed by atoms with Gasteiger partial charge in [-0.1, -0.05) is 37.3 Å². The third kappa shape index (κ3) is 5.05. The van der Waals surface area contributed by atoms with E-state index in [2.05, 4.69) is 35.6 Å². The molecule has 0 bridgehead atoms. The van der Waals surface area contributed by atoms with E-state index in [4.69, 9.17) is 0 Å². The molecule has 0 radical (unpaired) electrons. The van der Waals surface area contributed by atoms with Crippen molar-refractivity contribution >= 4 is 23.2 Å². The second-order valence-corrected chi connectivity index (χ2v) is 8.85. The van der Waals surface area contributed by atoms with Crippen LogP contribution in [-0.4, -0.2) is 57.6 Å². The smallest absolute Gasteiger partial charge is 0.244 e. The number of benzene rings is 1. The van der Waals surface area contributed by atoms with Crippen molar-refractivity contribution in [1.82, 2.24) is 19.6 Å². The van der Waals surface area contributed by atoms with Crippen LogP contribution in [0.25, 0.3) is 10.4 Å². The summed E-state index contributed by atoms with van der Waals surface area (Å²) < 4.78 is 1.64.